The number of rotatable bonds is 4. The molecule has 0 saturated heterocycles. The molecule has 0 aromatic heterocycles. The van der Waals surface area contributed by atoms with E-state index in [0.717, 1.165) is 6.42 Å². The number of hydrogen-bond donors (Lipinski definition) is 1. The van der Waals surface area contributed by atoms with Gasteiger partial charge in [-0.25, -0.2) is 0 Å². The fraction of sp³-hybridized carbons (Fsp3) is 0.750. The van der Waals surface area contributed by atoms with Gasteiger partial charge in [0.25, 0.3) is 0 Å². The van der Waals surface area contributed by atoms with Gasteiger partial charge in [0.05, 0.1) is 2.74 Å². The van der Waals surface area contributed by atoms with Crippen LogP contribution in [0.4, 0.5) is 0 Å². The molecule has 0 aliphatic heterocycles. The molecule has 0 aromatic rings. The average molecular weight is 130 g/mol. The van der Waals surface area contributed by atoms with Crippen molar-refractivity contribution in [2.45, 2.75) is 26.7 Å². The van der Waals surface area contributed by atoms with Crippen LogP contribution in [-0.4, -0.2) is 11.7 Å². The summed E-state index contributed by atoms with van der Waals surface area (Å²) >= 11 is 0. The Kier molecular flexibility index (Phi) is 2.24. The Hall–Kier alpha value is -0.300. The van der Waals surface area contributed by atoms with Crippen molar-refractivity contribution < 1.29 is 7.85 Å². The van der Waals surface area contributed by atoms with E-state index >= 15 is 0 Å². The van der Waals surface area contributed by atoms with Gasteiger partial charge in [-0.1, -0.05) is 19.9 Å². The molecule has 0 aromatic carbocycles. The van der Waals surface area contributed by atoms with Crippen molar-refractivity contribution in [3.63, 3.8) is 0 Å². The minimum absolute atomic E-state index is 0.611. The Labute approximate surface area is 60.2 Å². The van der Waals surface area contributed by atoms with Crippen LogP contribution in [0.1, 0.15) is 29.4 Å². The van der Waals surface area contributed by atoms with E-state index in [-0.39, 0.29) is 0 Å². The second-order valence-corrected chi connectivity index (χ2v) is 2.82. The molecular formula is C8H16O. The van der Waals surface area contributed by atoms with E-state index in [1.54, 1.807) is 19.9 Å². The first-order chi connectivity index (χ1) is 4.81. The number of aliphatic hydroxyl groups is 1. The highest BCUT2D eigenvalue weighted by molar-refractivity contribution is 4.74. The summed E-state index contributed by atoms with van der Waals surface area (Å²) in [5, 5.41) is 9.07. The van der Waals surface area contributed by atoms with Crippen LogP contribution in [0.5, 0.6) is 0 Å². The van der Waals surface area contributed by atoms with Crippen molar-refractivity contribution in [2.24, 2.45) is 5.41 Å². The van der Waals surface area contributed by atoms with Crippen molar-refractivity contribution in [2.75, 3.05) is 6.56 Å². The molecule has 0 rings (SSSR count). The van der Waals surface area contributed by atoms with Crippen molar-refractivity contribution in [3.05, 3.63) is 12.7 Å². The second kappa shape index (κ2) is 3.67. The Morgan fingerprint density at radius 1 is 1.78 bits per heavy atom. The van der Waals surface area contributed by atoms with Crippen LogP contribution >= 0.6 is 0 Å². The van der Waals surface area contributed by atoms with Gasteiger partial charge >= 0.3 is 0 Å². The fourth-order valence-corrected chi connectivity index (χ4v) is 0.519. The number of allylic oxidation sites excluding steroid dienone is 1. The van der Waals surface area contributed by atoms with Gasteiger partial charge in [0.15, 0.2) is 0 Å². The molecule has 0 saturated carbocycles. The van der Waals surface area contributed by atoms with Crippen LogP contribution in [0.2, 0.25) is 0 Å². The molecule has 0 heterocycles. The molecule has 0 fully saturated rings. The van der Waals surface area contributed by atoms with Crippen molar-refractivity contribution in [3.8, 4) is 0 Å². The van der Waals surface area contributed by atoms with Crippen LogP contribution in [-0.2, 0) is 0 Å². The third-order valence-electron chi connectivity index (χ3n) is 1.28. The lowest BCUT2D eigenvalue weighted by Crippen LogP contribution is -2.15. The minimum Gasteiger partial charge on any atom is -0.396 e. The molecule has 0 bridgehead atoms. The van der Waals surface area contributed by atoms with Gasteiger partial charge in [-0.3, -0.25) is 0 Å². The summed E-state index contributed by atoms with van der Waals surface area (Å²) in [5.74, 6) is 0. The summed E-state index contributed by atoms with van der Waals surface area (Å²) in [6.45, 7) is 4.85. The molecule has 0 radical (unpaired) electrons. The lowest BCUT2D eigenvalue weighted by Gasteiger charge is -2.19. The van der Waals surface area contributed by atoms with Gasteiger partial charge in [-0.15, -0.1) is 6.58 Å². The van der Waals surface area contributed by atoms with Crippen LogP contribution in [0.25, 0.3) is 0 Å². The van der Waals surface area contributed by atoms with E-state index in [4.69, 9.17) is 7.85 Å². The van der Waals surface area contributed by atoms with Gasteiger partial charge in [0, 0.05) is 6.56 Å². The predicted octanol–water partition coefficient (Wildman–Crippen LogP) is 1.97. The lowest BCUT2D eigenvalue weighted by molar-refractivity contribution is 0.151. The third-order valence-corrected chi connectivity index (χ3v) is 1.28. The number of hydrogen-bond acceptors (Lipinski definition) is 1. The summed E-state index contributed by atoms with van der Waals surface area (Å²) in [4.78, 5) is 0. The summed E-state index contributed by atoms with van der Waals surface area (Å²) in [6, 6.07) is 0. The summed E-state index contributed by atoms with van der Waals surface area (Å²) in [7, 11) is 0. The highest BCUT2D eigenvalue weighted by Gasteiger charge is 2.13. The average Bonchev–Trinajstić information content (AvgIpc) is 1.81. The smallest absolute Gasteiger partial charge is 0.0569 e. The molecule has 0 aliphatic rings. The molecule has 1 N–H and O–H groups in total. The Bertz CT molecular complexity index is 136. The molecule has 1 nitrogen and oxygen atoms in total. The maximum absolute atomic E-state index is 9.07. The van der Waals surface area contributed by atoms with Crippen molar-refractivity contribution >= 4 is 0 Å². The molecule has 1 heteroatoms. The SMILES string of the molecule is [2H]C([2H])(O)C(C)(C)CCC=C. The van der Waals surface area contributed by atoms with E-state index in [0.29, 0.717) is 6.42 Å². The molecule has 9 heavy (non-hydrogen) atoms. The van der Waals surface area contributed by atoms with Crippen LogP contribution in [0.3, 0.4) is 0 Å². The Morgan fingerprint density at radius 2 is 2.33 bits per heavy atom. The fourth-order valence-electron chi connectivity index (χ4n) is 0.519. The standard InChI is InChI=1S/C8H16O/c1-4-5-6-8(2,3)7-9/h4,9H,1,5-7H2,2-3H3/i7D2. The molecule has 0 unspecified atom stereocenters. The van der Waals surface area contributed by atoms with E-state index < -0.39 is 12.0 Å². The highest BCUT2D eigenvalue weighted by atomic mass is 16.3. The van der Waals surface area contributed by atoms with Gasteiger partial charge in [-0.05, 0) is 18.3 Å². The Morgan fingerprint density at radius 3 is 2.67 bits per heavy atom. The topological polar surface area (TPSA) is 20.2 Å². The summed E-state index contributed by atoms with van der Waals surface area (Å²) < 4.78 is 14.2. The van der Waals surface area contributed by atoms with Gasteiger partial charge in [0.2, 0.25) is 0 Å². The maximum Gasteiger partial charge on any atom is 0.0569 e. The zero-order valence-corrected chi connectivity index (χ0v) is 6.15. The van der Waals surface area contributed by atoms with Gasteiger partial charge in [0.1, 0.15) is 0 Å². The first-order valence-corrected chi connectivity index (χ1v) is 3.14. The van der Waals surface area contributed by atoms with E-state index in [1.807, 2.05) is 0 Å². The first-order valence-electron chi connectivity index (χ1n) is 4.14. The van der Waals surface area contributed by atoms with Crippen LogP contribution in [0, 0.1) is 5.41 Å². The molecule has 0 aliphatic carbocycles. The largest absolute Gasteiger partial charge is 0.396 e. The normalized spacial score (nSPS) is 16.3. The molecule has 0 amide bonds. The van der Waals surface area contributed by atoms with Crippen LogP contribution in [0.15, 0.2) is 12.7 Å². The highest BCUT2D eigenvalue weighted by Crippen LogP contribution is 2.20. The van der Waals surface area contributed by atoms with Crippen LogP contribution < -0.4 is 0 Å². The van der Waals surface area contributed by atoms with Gasteiger partial charge in [-0.2, -0.15) is 0 Å². The molecular weight excluding hydrogens is 112 g/mol. The van der Waals surface area contributed by atoms with E-state index in [1.165, 1.54) is 0 Å². The van der Waals surface area contributed by atoms with Crippen molar-refractivity contribution in [1.29, 1.82) is 0 Å². The molecule has 0 atom stereocenters. The quantitative estimate of drug-likeness (QED) is 0.577. The predicted molar refractivity (Wildman–Crippen MR) is 40.3 cm³/mol. The van der Waals surface area contributed by atoms with Gasteiger partial charge < -0.3 is 5.11 Å². The molecule has 0 spiro atoms. The third kappa shape index (κ3) is 4.22. The zero-order valence-electron chi connectivity index (χ0n) is 8.15. The minimum atomic E-state index is -2.10. The second-order valence-electron chi connectivity index (χ2n) is 2.82. The monoisotopic (exact) mass is 130 g/mol. The zero-order chi connectivity index (χ0) is 9.12. The summed E-state index contributed by atoms with van der Waals surface area (Å²) in [6.07, 6.45) is 3.07. The Balaban J connectivity index is 4.10. The first kappa shape index (κ1) is 5.48. The van der Waals surface area contributed by atoms with Crippen molar-refractivity contribution in [1.82, 2.24) is 0 Å². The maximum atomic E-state index is 9.07. The van der Waals surface area contributed by atoms with E-state index in [9.17, 15) is 0 Å². The molecule has 54 valence electrons. The van der Waals surface area contributed by atoms with E-state index in [2.05, 4.69) is 6.58 Å². The summed E-state index contributed by atoms with van der Waals surface area (Å²) in [5.41, 5.74) is -0.693. The lowest BCUT2D eigenvalue weighted by atomic mass is 9.89.